The first-order chi connectivity index (χ1) is 18.0. The lowest BCUT2D eigenvalue weighted by molar-refractivity contribution is -0.139. The molecular formula is C25H27N7O5. The zero-order chi connectivity index (χ0) is 26.0. The Hall–Kier alpha value is -4.87. The number of benzene rings is 2. The zero-order valence-corrected chi connectivity index (χ0v) is 19.9. The molecule has 2 heterocycles. The molecule has 4 aromatic rings. The number of amides is 2. The van der Waals surface area contributed by atoms with E-state index < -0.39 is 24.0 Å². The number of aryl methyl sites for hydroxylation is 1. The smallest absolute Gasteiger partial charge is 0.408 e. The Bertz CT molecular complexity index is 1340. The van der Waals surface area contributed by atoms with Gasteiger partial charge in [0.1, 0.15) is 12.6 Å². The van der Waals surface area contributed by atoms with Crippen molar-refractivity contribution in [3.05, 3.63) is 78.2 Å². The lowest BCUT2D eigenvalue weighted by Crippen LogP contribution is -2.48. The number of rotatable bonds is 12. The molecule has 0 aliphatic rings. The van der Waals surface area contributed by atoms with Crippen molar-refractivity contribution in [3.8, 4) is 0 Å². The van der Waals surface area contributed by atoms with Crippen LogP contribution in [0.5, 0.6) is 0 Å². The summed E-state index contributed by atoms with van der Waals surface area (Å²) >= 11 is 0. The third-order valence-corrected chi connectivity index (χ3v) is 5.54. The van der Waals surface area contributed by atoms with Crippen molar-refractivity contribution >= 4 is 34.8 Å². The monoisotopic (exact) mass is 505 g/mol. The number of aliphatic carboxylic acids is 1. The molecule has 1 atom stereocenters. The second kappa shape index (κ2) is 12.2. The fraction of sp³-hybridized carbons (Fsp3) is 0.240. The summed E-state index contributed by atoms with van der Waals surface area (Å²) in [4.78, 5) is 43.7. The van der Waals surface area contributed by atoms with Crippen molar-refractivity contribution < 1.29 is 24.2 Å². The summed E-state index contributed by atoms with van der Waals surface area (Å²) in [7, 11) is 0. The molecule has 2 amide bonds. The van der Waals surface area contributed by atoms with E-state index in [1.807, 2.05) is 12.1 Å². The second-order valence-corrected chi connectivity index (χ2v) is 8.13. The highest BCUT2D eigenvalue weighted by atomic mass is 16.5. The maximum atomic E-state index is 12.9. The minimum atomic E-state index is -1.36. The van der Waals surface area contributed by atoms with Crippen molar-refractivity contribution in [1.82, 2.24) is 30.4 Å². The number of H-pyrrole nitrogens is 1. The highest BCUT2D eigenvalue weighted by molar-refractivity contribution is 6.06. The van der Waals surface area contributed by atoms with Crippen LogP contribution in [0.2, 0.25) is 0 Å². The Morgan fingerprint density at radius 1 is 1.11 bits per heavy atom. The van der Waals surface area contributed by atoms with Crippen LogP contribution in [0.4, 0.5) is 10.7 Å². The first-order valence-electron chi connectivity index (χ1n) is 11.7. The first kappa shape index (κ1) is 25.2. The third-order valence-electron chi connectivity index (χ3n) is 5.54. The minimum Gasteiger partial charge on any atom is -0.480 e. The first-order valence-corrected chi connectivity index (χ1v) is 11.7. The number of nitrogens with zero attached hydrogens (tertiary/aromatic N) is 3. The molecule has 4 rings (SSSR count). The molecule has 5 N–H and O–H groups in total. The average molecular weight is 506 g/mol. The molecule has 0 spiro atoms. The van der Waals surface area contributed by atoms with Crippen LogP contribution < -0.4 is 16.0 Å². The van der Waals surface area contributed by atoms with Gasteiger partial charge in [0.2, 0.25) is 0 Å². The van der Waals surface area contributed by atoms with Gasteiger partial charge in [-0.15, -0.1) is 0 Å². The Kier molecular flexibility index (Phi) is 8.32. The van der Waals surface area contributed by atoms with Gasteiger partial charge in [0.15, 0.2) is 5.95 Å². The molecule has 0 saturated carbocycles. The molecule has 0 bridgehead atoms. The number of hydrogen-bond donors (Lipinski definition) is 5. The molecular weight excluding hydrogens is 478 g/mol. The third kappa shape index (κ3) is 6.84. The summed E-state index contributed by atoms with van der Waals surface area (Å²) in [5.41, 5.74) is 1.90. The fourth-order valence-corrected chi connectivity index (χ4v) is 3.67. The summed E-state index contributed by atoms with van der Waals surface area (Å²) in [5, 5.41) is 22.5. The van der Waals surface area contributed by atoms with Crippen molar-refractivity contribution in [1.29, 1.82) is 0 Å². The number of imidazole rings is 1. The van der Waals surface area contributed by atoms with Gasteiger partial charge < -0.3 is 30.8 Å². The predicted molar refractivity (Wildman–Crippen MR) is 135 cm³/mol. The van der Waals surface area contributed by atoms with E-state index in [1.54, 1.807) is 59.7 Å². The molecule has 2 aromatic carbocycles. The van der Waals surface area contributed by atoms with Crippen LogP contribution >= 0.6 is 0 Å². The Morgan fingerprint density at radius 3 is 2.70 bits per heavy atom. The predicted octanol–water partition coefficient (Wildman–Crippen LogP) is 2.37. The van der Waals surface area contributed by atoms with E-state index in [9.17, 15) is 19.5 Å². The lowest BCUT2D eigenvalue weighted by atomic mass is 10.1. The molecule has 37 heavy (non-hydrogen) atoms. The normalized spacial score (nSPS) is 11.6. The van der Waals surface area contributed by atoms with Crippen molar-refractivity contribution in [2.75, 3.05) is 18.4 Å². The van der Waals surface area contributed by atoms with Gasteiger partial charge in [0, 0.05) is 37.4 Å². The number of carboxylic acid groups (broad SMARTS) is 1. The SMILES string of the molecule is O=C(NC(CNC(=O)c1cccc2c1cnn2CCCNc1ncc[nH]1)C(=O)O)OCc1ccccc1. The fourth-order valence-electron chi connectivity index (χ4n) is 3.67. The Balaban J connectivity index is 1.31. The number of carboxylic acids is 1. The maximum absolute atomic E-state index is 12.9. The van der Waals surface area contributed by atoms with E-state index in [2.05, 4.69) is 31.0 Å². The van der Waals surface area contributed by atoms with Crippen LogP contribution in [0.3, 0.4) is 0 Å². The molecule has 0 saturated heterocycles. The topological polar surface area (TPSA) is 163 Å². The van der Waals surface area contributed by atoms with Crippen molar-refractivity contribution in [3.63, 3.8) is 0 Å². The van der Waals surface area contributed by atoms with Gasteiger partial charge >= 0.3 is 12.1 Å². The Morgan fingerprint density at radius 2 is 1.95 bits per heavy atom. The number of nitrogens with one attached hydrogen (secondary N) is 4. The summed E-state index contributed by atoms with van der Waals surface area (Å²) in [6.07, 6.45) is 4.90. The van der Waals surface area contributed by atoms with E-state index >= 15 is 0 Å². The summed E-state index contributed by atoms with van der Waals surface area (Å²) in [5.74, 6) is -1.08. The maximum Gasteiger partial charge on any atom is 0.408 e. The van der Waals surface area contributed by atoms with Crippen molar-refractivity contribution in [2.24, 2.45) is 0 Å². The summed E-state index contributed by atoms with van der Waals surface area (Å²) in [6, 6.07) is 12.9. The molecule has 12 nitrogen and oxygen atoms in total. The largest absolute Gasteiger partial charge is 0.480 e. The summed E-state index contributed by atoms with van der Waals surface area (Å²) < 4.78 is 6.88. The molecule has 2 aromatic heterocycles. The van der Waals surface area contributed by atoms with Crippen LogP contribution in [0.15, 0.2) is 67.1 Å². The average Bonchev–Trinajstić information content (AvgIpc) is 3.58. The van der Waals surface area contributed by atoms with Gasteiger partial charge in [-0.1, -0.05) is 36.4 Å². The van der Waals surface area contributed by atoms with Crippen LogP contribution in [0.1, 0.15) is 22.3 Å². The van der Waals surface area contributed by atoms with Crippen LogP contribution in [0, 0.1) is 0 Å². The standard InChI is InChI=1S/C25H27N7O5/c33-22(29-15-20(23(34)35)31-25(36)37-16-17-6-2-1-3-7-17)18-8-4-9-21-19(18)14-30-32(21)13-5-10-26-24-27-11-12-28-24/h1-4,6-9,11-12,14,20H,5,10,13,15-16H2,(H,29,33)(H,31,36)(H,34,35)(H2,26,27,28). The van der Waals surface area contributed by atoms with Crippen LogP contribution in [-0.2, 0) is 22.7 Å². The number of aromatic amines is 1. The summed E-state index contributed by atoms with van der Waals surface area (Å²) in [6.45, 7) is 0.985. The van der Waals surface area contributed by atoms with E-state index in [1.165, 1.54) is 0 Å². The van der Waals surface area contributed by atoms with Gasteiger partial charge in [-0.2, -0.15) is 5.10 Å². The van der Waals surface area contributed by atoms with Gasteiger partial charge in [0.25, 0.3) is 5.91 Å². The van der Waals surface area contributed by atoms with E-state index in [0.717, 1.165) is 17.5 Å². The van der Waals surface area contributed by atoms with E-state index in [4.69, 9.17) is 4.74 Å². The zero-order valence-electron chi connectivity index (χ0n) is 19.9. The number of aromatic nitrogens is 4. The number of hydrogen-bond acceptors (Lipinski definition) is 7. The lowest BCUT2D eigenvalue weighted by Gasteiger charge is -2.15. The van der Waals surface area contributed by atoms with Crippen molar-refractivity contribution in [2.45, 2.75) is 25.6 Å². The minimum absolute atomic E-state index is 0.00370. The molecule has 0 aliphatic carbocycles. The Labute approximate surface area is 212 Å². The molecule has 192 valence electrons. The molecule has 0 radical (unpaired) electrons. The van der Waals surface area contributed by atoms with Gasteiger partial charge in [-0.25, -0.2) is 14.6 Å². The number of anilines is 1. The number of ether oxygens (including phenoxy) is 1. The number of carbonyl (C=O) groups excluding carboxylic acids is 2. The number of carbonyl (C=O) groups is 3. The molecule has 1 unspecified atom stereocenters. The van der Waals surface area contributed by atoms with Gasteiger partial charge in [-0.3, -0.25) is 9.48 Å². The van der Waals surface area contributed by atoms with E-state index in [-0.39, 0.29) is 13.2 Å². The highest BCUT2D eigenvalue weighted by Gasteiger charge is 2.22. The molecule has 0 aliphatic heterocycles. The quantitative estimate of drug-likeness (QED) is 0.183. The molecule has 12 heteroatoms. The van der Waals surface area contributed by atoms with E-state index in [0.29, 0.717) is 30.0 Å². The number of alkyl carbamates (subject to hydrolysis) is 1. The molecule has 0 fully saturated rings. The van der Waals surface area contributed by atoms with Gasteiger partial charge in [-0.05, 0) is 24.1 Å². The van der Waals surface area contributed by atoms with Crippen LogP contribution in [0.25, 0.3) is 10.9 Å². The number of fused-ring (bicyclic) bond motifs is 1. The van der Waals surface area contributed by atoms with Gasteiger partial charge in [0.05, 0.1) is 17.3 Å². The van der Waals surface area contributed by atoms with Crippen LogP contribution in [-0.4, -0.2) is 62.0 Å². The second-order valence-electron chi connectivity index (χ2n) is 8.13. The highest BCUT2D eigenvalue weighted by Crippen LogP contribution is 2.19.